The standard InChI is InChI=1S/C37H30ClN3O3/c38-34-14-5-3-12-30(34)33(32-22-39-35-15-6-4-13-31(32)35)24-40-19-18-36(42)41(37(40)43)23-25-8-7-11-28(20-25)44-29-17-16-26-9-1-2-10-27(26)21-29/h1-17,20-22,33,39H,18-19,23-24H2. The Morgan fingerprint density at radius 3 is 2.43 bits per heavy atom. The molecule has 6 aromatic rings. The molecule has 0 radical (unpaired) electrons. The summed E-state index contributed by atoms with van der Waals surface area (Å²) < 4.78 is 6.17. The molecule has 1 aliphatic heterocycles. The van der Waals surface area contributed by atoms with E-state index in [1.165, 1.54) is 4.90 Å². The van der Waals surface area contributed by atoms with Crippen LogP contribution in [-0.2, 0) is 11.3 Å². The highest BCUT2D eigenvalue weighted by atomic mass is 35.5. The maximum Gasteiger partial charge on any atom is 0.327 e. The first-order chi connectivity index (χ1) is 21.5. The molecule has 1 unspecified atom stereocenters. The Kier molecular flexibility index (Phi) is 7.50. The summed E-state index contributed by atoms with van der Waals surface area (Å²) in [5.41, 5.74) is 3.83. The van der Waals surface area contributed by atoms with E-state index in [0.29, 0.717) is 23.9 Å². The Morgan fingerprint density at radius 1 is 0.773 bits per heavy atom. The van der Waals surface area contributed by atoms with Crippen LogP contribution in [0.4, 0.5) is 4.79 Å². The molecule has 7 rings (SSSR count). The number of urea groups is 1. The van der Waals surface area contributed by atoms with Gasteiger partial charge in [0.15, 0.2) is 0 Å². The van der Waals surface area contributed by atoms with Gasteiger partial charge in [-0.25, -0.2) is 4.79 Å². The zero-order valence-corrected chi connectivity index (χ0v) is 24.7. The van der Waals surface area contributed by atoms with Gasteiger partial charge in [0, 0.05) is 47.6 Å². The van der Waals surface area contributed by atoms with Gasteiger partial charge in [-0.1, -0.05) is 90.5 Å². The fourth-order valence-corrected chi connectivity index (χ4v) is 6.31. The van der Waals surface area contributed by atoms with E-state index in [0.717, 1.165) is 44.1 Å². The second-order valence-corrected chi connectivity index (χ2v) is 11.5. The third kappa shape index (κ3) is 5.52. The highest BCUT2D eigenvalue weighted by molar-refractivity contribution is 6.31. The van der Waals surface area contributed by atoms with Gasteiger partial charge in [-0.05, 0) is 63.9 Å². The molecule has 1 saturated heterocycles. The number of amides is 3. The minimum atomic E-state index is -0.306. The third-order valence-corrected chi connectivity index (χ3v) is 8.62. The molecule has 1 N–H and O–H groups in total. The first-order valence-corrected chi connectivity index (χ1v) is 15.1. The number of aromatic nitrogens is 1. The molecule has 0 bridgehead atoms. The minimum Gasteiger partial charge on any atom is -0.457 e. The second-order valence-electron chi connectivity index (χ2n) is 11.1. The van der Waals surface area contributed by atoms with Crippen molar-refractivity contribution < 1.29 is 14.3 Å². The molecule has 7 heteroatoms. The van der Waals surface area contributed by atoms with Gasteiger partial charge in [-0.15, -0.1) is 0 Å². The van der Waals surface area contributed by atoms with E-state index >= 15 is 0 Å². The maximum atomic E-state index is 13.9. The summed E-state index contributed by atoms with van der Waals surface area (Å²) in [4.78, 5) is 33.5. The smallest absolute Gasteiger partial charge is 0.327 e. The second kappa shape index (κ2) is 11.9. The lowest BCUT2D eigenvalue weighted by molar-refractivity contribution is -0.131. The molecule has 218 valence electrons. The average Bonchev–Trinajstić information content (AvgIpc) is 3.47. The Balaban J connectivity index is 1.12. The molecule has 0 saturated carbocycles. The van der Waals surface area contributed by atoms with Crippen molar-refractivity contribution in [2.45, 2.75) is 18.9 Å². The molecule has 44 heavy (non-hydrogen) atoms. The van der Waals surface area contributed by atoms with Crippen LogP contribution in [0.3, 0.4) is 0 Å². The van der Waals surface area contributed by atoms with Gasteiger partial charge in [0.25, 0.3) is 0 Å². The minimum absolute atomic E-state index is 0.160. The van der Waals surface area contributed by atoms with Crippen LogP contribution in [-0.4, -0.2) is 39.8 Å². The number of imide groups is 1. The molecule has 2 heterocycles. The Bertz CT molecular complexity index is 2000. The molecule has 6 nitrogen and oxygen atoms in total. The van der Waals surface area contributed by atoms with Gasteiger partial charge >= 0.3 is 6.03 Å². The number of ether oxygens (including phenoxy) is 1. The van der Waals surface area contributed by atoms with Crippen molar-refractivity contribution in [2.75, 3.05) is 13.1 Å². The van der Waals surface area contributed by atoms with Crippen LogP contribution >= 0.6 is 11.6 Å². The van der Waals surface area contributed by atoms with Crippen molar-refractivity contribution in [1.29, 1.82) is 0 Å². The molecule has 1 aliphatic rings. The lowest BCUT2D eigenvalue weighted by Gasteiger charge is -2.36. The molecule has 3 amide bonds. The highest BCUT2D eigenvalue weighted by Crippen LogP contribution is 2.36. The monoisotopic (exact) mass is 599 g/mol. The normalized spacial score (nSPS) is 14.4. The van der Waals surface area contributed by atoms with Gasteiger partial charge < -0.3 is 14.6 Å². The van der Waals surface area contributed by atoms with Gasteiger partial charge in [0.05, 0.1) is 6.54 Å². The summed E-state index contributed by atoms with van der Waals surface area (Å²) in [5.74, 6) is 0.996. The Labute approximate surface area is 260 Å². The summed E-state index contributed by atoms with van der Waals surface area (Å²) >= 11 is 6.71. The number of carbonyl (C=O) groups is 2. The first-order valence-electron chi connectivity index (χ1n) is 14.7. The predicted molar refractivity (Wildman–Crippen MR) is 174 cm³/mol. The number of benzene rings is 5. The van der Waals surface area contributed by atoms with Crippen molar-refractivity contribution in [1.82, 2.24) is 14.8 Å². The number of aromatic amines is 1. The fourth-order valence-electron chi connectivity index (χ4n) is 6.05. The van der Waals surface area contributed by atoms with E-state index in [4.69, 9.17) is 16.3 Å². The van der Waals surface area contributed by atoms with E-state index < -0.39 is 0 Å². The number of H-pyrrole nitrogens is 1. The molecular weight excluding hydrogens is 570 g/mol. The number of para-hydroxylation sites is 1. The van der Waals surface area contributed by atoms with Crippen molar-refractivity contribution in [3.63, 3.8) is 0 Å². The Morgan fingerprint density at radius 2 is 1.55 bits per heavy atom. The predicted octanol–water partition coefficient (Wildman–Crippen LogP) is 8.75. The summed E-state index contributed by atoms with van der Waals surface area (Å²) in [6.45, 7) is 0.898. The molecule has 0 spiro atoms. The summed E-state index contributed by atoms with van der Waals surface area (Å²) in [6, 6.07) is 37.2. The van der Waals surface area contributed by atoms with Crippen molar-refractivity contribution in [3.8, 4) is 11.5 Å². The van der Waals surface area contributed by atoms with Crippen LogP contribution in [0, 0.1) is 0 Å². The highest BCUT2D eigenvalue weighted by Gasteiger charge is 2.34. The van der Waals surface area contributed by atoms with Crippen LogP contribution in [0.2, 0.25) is 5.02 Å². The number of nitrogens with zero attached hydrogens (tertiary/aromatic N) is 2. The number of fused-ring (bicyclic) bond motifs is 2. The topological polar surface area (TPSA) is 65.6 Å². The molecule has 1 aromatic heterocycles. The number of carbonyl (C=O) groups excluding carboxylic acids is 2. The van der Waals surface area contributed by atoms with E-state index in [9.17, 15) is 9.59 Å². The van der Waals surface area contributed by atoms with Gasteiger partial charge in [-0.2, -0.15) is 0 Å². The summed E-state index contributed by atoms with van der Waals surface area (Å²) in [7, 11) is 0. The largest absolute Gasteiger partial charge is 0.457 e. The van der Waals surface area contributed by atoms with Crippen LogP contribution in [0.5, 0.6) is 11.5 Å². The third-order valence-electron chi connectivity index (χ3n) is 8.27. The zero-order valence-electron chi connectivity index (χ0n) is 23.9. The van der Waals surface area contributed by atoms with Crippen LogP contribution < -0.4 is 4.74 Å². The molecule has 1 atom stereocenters. The average molecular weight is 600 g/mol. The maximum absolute atomic E-state index is 13.9. The van der Waals surface area contributed by atoms with Crippen molar-refractivity contribution in [3.05, 3.63) is 143 Å². The van der Waals surface area contributed by atoms with Gasteiger partial charge in [-0.3, -0.25) is 9.69 Å². The zero-order chi connectivity index (χ0) is 30.0. The molecule has 0 aliphatic carbocycles. The lowest BCUT2D eigenvalue weighted by Crippen LogP contribution is -2.52. The number of halogens is 1. The molecule has 5 aromatic carbocycles. The summed E-state index contributed by atoms with van der Waals surface area (Å²) in [6.07, 6.45) is 2.25. The number of hydrogen-bond donors (Lipinski definition) is 1. The van der Waals surface area contributed by atoms with Crippen molar-refractivity contribution >= 4 is 45.2 Å². The van der Waals surface area contributed by atoms with Crippen LogP contribution in [0.15, 0.2) is 121 Å². The van der Waals surface area contributed by atoms with Gasteiger partial charge in [0.2, 0.25) is 5.91 Å². The lowest BCUT2D eigenvalue weighted by atomic mass is 9.90. The number of hydrogen-bond acceptors (Lipinski definition) is 3. The van der Waals surface area contributed by atoms with E-state index in [2.05, 4.69) is 17.1 Å². The van der Waals surface area contributed by atoms with E-state index in [1.54, 1.807) is 4.90 Å². The Hall–Kier alpha value is -5.07. The number of nitrogens with one attached hydrogen (secondary N) is 1. The SMILES string of the molecule is O=C1CCN(CC(c2ccccc2Cl)c2c[nH]c3ccccc23)C(=O)N1Cc1cccc(Oc2ccc3ccccc3c2)c1. The van der Waals surface area contributed by atoms with Crippen LogP contribution in [0.1, 0.15) is 29.0 Å². The van der Waals surface area contributed by atoms with E-state index in [-0.39, 0.29) is 30.8 Å². The number of rotatable bonds is 8. The summed E-state index contributed by atoms with van der Waals surface area (Å²) in [5, 5.41) is 3.96. The van der Waals surface area contributed by atoms with Crippen LogP contribution in [0.25, 0.3) is 21.7 Å². The molecular formula is C37H30ClN3O3. The first kappa shape index (κ1) is 27.7. The van der Waals surface area contributed by atoms with Gasteiger partial charge in [0.1, 0.15) is 11.5 Å². The molecule has 1 fully saturated rings. The quantitative estimate of drug-likeness (QED) is 0.190. The van der Waals surface area contributed by atoms with E-state index in [1.807, 2.05) is 109 Å². The fraction of sp³-hybridized carbons (Fsp3) is 0.135. The van der Waals surface area contributed by atoms with Crippen molar-refractivity contribution in [2.24, 2.45) is 0 Å².